The number of carbonyl (C=O) groups is 2. The highest BCUT2D eigenvalue weighted by Crippen LogP contribution is 2.33. The van der Waals surface area contributed by atoms with Crippen LogP contribution in [0.3, 0.4) is 0 Å². The SMILES string of the molecule is CCOc1cc(C(Nc2ccc(C(=N)N)cc2)C(=O)NNc2cccc(C(=O)O)c2CI)ccc1OC(C)C. The van der Waals surface area contributed by atoms with Crippen molar-refractivity contribution in [1.29, 1.82) is 5.41 Å². The molecule has 0 aliphatic carbocycles. The number of nitrogen functional groups attached to an aromatic ring is 1. The first-order valence-corrected chi connectivity index (χ1v) is 13.8. The molecular formula is C28H32IN5O5. The van der Waals surface area contributed by atoms with Crippen LogP contribution in [0.4, 0.5) is 11.4 Å². The number of hydrogen-bond donors (Lipinski definition) is 6. The number of amides is 1. The van der Waals surface area contributed by atoms with Crippen LogP contribution in [0.1, 0.15) is 53.9 Å². The molecule has 0 saturated heterocycles. The number of anilines is 2. The molecule has 0 heterocycles. The first-order chi connectivity index (χ1) is 18.6. The first kappa shape index (κ1) is 29.6. The minimum atomic E-state index is -1.04. The Balaban J connectivity index is 1.95. The van der Waals surface area contributed by atoms with E-state index in [0.717, 1.165) is 0 Å². The zero-order valence-electron chi connectivity index (χ0n) is 21.9. The largest absolute Gasteiger partial charge is 0.490 e. The Labute approximate surface area is 240 Å². The lowest BCUT2D eigenvalue weighted by atomic mass is 10.0. The molecule has 3 rings (SSSR count). The Bertz CT molecular complexity index is 1330. The predicted molar refractivity (Wildman–Crippen MR) is 160 cm³/mol. The third-order valence-electron chi connectivity index (χ3n) is 5.59. The highest BCUT2D eigenvalue weighted by atomic mass is 127. The molecule has 0 saturated carbocycles. The number of rotatable bonds is 13. The van der Waals surface area contributed by atoms with E-state index >= 15 is 0 Å². The van der Waals surface area contributed by atoms with Crippen molar-refractivity contribution in [2.24, 2.45) is 5.73 Å². The van der Waals surface area contributed by atoms with Crippen LogP contribution >= 0.6 is 22.6 Å². The van der Waals surface area contributed by atoms with E-state index in [0.29, 0.717) is 50.6 Å². The zero-order chi connectivity index (χ0) is 28.5. The summed E-state index contributed by atoms with van der Waals surface area (Å²) < 4.78 is 12.1. The maximum Gasteiger partial charge on any atom is 0.336 e. The van der Waals surface area contributed by atoms with Gasteiger partial charge in [0.15, 0.2) is 11.5 Å². The van der Waals surface area contributed by atoms with Crippen LogP contribution in [0, 0.1) is 5.41 Å². The smallest absolute Gasteiger partial charge is 0.336 e. The molecule has 1 amide bonds. The molecule has 39 heavy (non-hydrogen) atoms. The number of aromatic carboxylic acids is 1. The van der Waals surface area contributed by atoms with Crippen molar-refractivity contribution in [3.05, 3.63) is 82.9 Å². The number of ether oxygens (including phenoxy) is 2. The fraction of sp³-hybridized carbons (Fsp3) is 0.250. The molecular weight excluding hydrogens is 613 g/mol. The molecule has 1 atom stereocenters. The summed E-state index contributed by atoms with van der Waals surface area (Å²) in [6.45, 7) is 6.11. The van der Waals surface area contributed by atoms with Crippen LogP contribution in [-0.2, 0) is 9.22 Å². The second kappa shape index (κ2) is 13.7. The fourth-order valence-electron chi connectivity index (χ4n) is 3.79. The van der Waals surface area contributed by atoms with Gasteiger partial charge in [0, 0.05) is 21.2 Å². The van der Waals surface area contributed by atoms with Crippen molar-refractivity contribution >= 4 is 51.7 Å². The summed E-state index contributed by atoms with van der Waals surface area (Å²) in [5.74, 6) is -0.458. The fourth-order valence-corrected chi connectivity index (χ4v) is 4.61. The van der Waals surface area contributed by atoms with Crippen LogP contribution in [0.2, 0.25) is 0 Å². The second-order valence-electron chi connectivity index (χ2n) is 8.76. The van der Waals surface area contributed by atoms with Crippen molar-refractivity contribution in [2.75, 3.05) is 17.3 Å². The number of hydrogen-bond acceptors (Lipinski definition) is 7. The lowest BCUT2D eigenvalue weighted by Gasteiger charge is -2.23. The molecule has 0 radical (unpaired) electrons. The maximum atomic E-state index is 13.6. The number of alkyl halides is 1. The quantitative estimate of drug-likeness (QED) is 0.0494. The van der Waals surface area contributed by atoms with Crippen LogP contribution in [0.25, 0.3) is 0 Å². The van der Waals surface area contributed by atoms with E-state index in [4.69, 9.17) is 20.6 Å². The number of amidine groups is 1. The van der Waals surface area contributed by atoms with Crippen molar-refractivity contribution in [2.45, 2.75) is 37.3 Å². The number of nitrogens with two attached hydrogens (primary N) is 1. The molecule has 0 spiro atoms. The van der Waals surface area contributed by atoms with Gasteiger partial charge < -0.3 is 25.6 Å². The normalized spacial score (nSPS) is 11.4. The molecule has 0 aliphatic rings. The molecule has 0 bridgehead atoms. The highest BCUT2D eigenvalue weighted by molar-refractivity contribution is 14.1. The summed E-state index contributed by atoms with van der Waals surface area (Å²) in [7, 11) is 0. The summed E-state index contributed by atoms with van der Waals surface area (Å²) in [4.78, 5) is 25.2. The van der Waals surface area contributed by atoms with Gasteiger partial charge in [-0.3, -0.25) is 21.1 Å². The van der Waals surface area contributed by atoms with E-state index < -0.39 is 17.9 Å². The molecule has 0 aromatic heterocycles. The zero-order valence-corrected chi connectivity index (χ0v) is 24.0. The Morgan fingerprint density at radius 1 is 1.08 bits per heavy atom. The lowest BCUT2D eigenvalue weighted by Crippen LogP contribution is -2.37. The summed E-state index contributed by atoms with van der Waals surface area (Å²) in [5.41, 5.74) is 14.2. The maximum absolute atomic E-state index is 13.6. The Morgan fingerprint density at radius 2 is 1.79 bits per heavy atom. The lowest BCUT2D eigenvalue weighted by molar-refractivity contribution is -0.121. The topological polar surface area (TPSA) is 159 Å². The van der Waals surface area contributed by atoms with E-state index in [1.54, 1.807) is 54.6 Å². The van der Waals surface area contributed by atoms with Gasteiger partial charge in [-0.2, -0.15) is 0 Å². The minimum Gasteiger partial charge on any atom is -0.490 e. The number of carbonyl (C=O) groups excluding carboxylic acids is 1. The number of nitrogens with one attached hydrogen (secondary N) is 4. The van der Waals surface area contributed by atoms with Crippen molar-refractivity contribution in [1.82, 2.24) is 5.43 Å². The second-order valence-corrected chi connectivity index (χ2v) is 9.52. The van der Waals surface area contributed by atoms with E-state index in [2.05, 4.69) is 38.8 Å². The van der Waals surface area contributed by atoms with Crippen molar-refractivity contribution in [3.8, 4) is 11.5 Å². The summed E-state index contributed by atoms with van der Waals surface area (Å²) in [6.07, 6.45) is -0.0649. The van der Waals surface area contributed by atoms with Gasteiger partial charge in [0.2, 0.25) is 0 Å². The summed E-state index contributed by atoms with van der Waals surface area (Å²) in [5, 5.41) is 20.4. The minimum absolute atomic E-state index is 0.0585. The number of carboxylic acids is 1. The van der Waals surface area contributed by atoms with Crippen LogP contribution in [0.15, 0.2) is 60.7 Å². The van der Waals surface area contributed by atoms with Crippen LogP contribution in [-0.4, -0.2) is 35.5 Å². The molecule has 3 aromatic rings. The number of hydrazine groups is 1. The Morgan fingerprint density at radius 3 is 2.38 bits per heavy atom. The van der Waals surface area contributed by atoms with E-state index in [1.165, 1.54) is 6.07 Å². The molecule has 206 valence electrons. The third-order valence-corrected chi connectivity index (χ3v) is 6.36. The van der Waals surface area contributed by atoms with Crippen molar-refractivity contribution in [3.63, 3.8) is 0 Å². The van der Waals surface area contributed by atoms with E-state index in [9.17, 15) is 14.7 Å². The summed E-state index contributed by atoms with van der Waals surface area (Å²) in [6, 6.07) is 16.1. The molecule has 1 unspecified atom stereocenters. The van der Waals surface area contributed by atoms with Gasteiger partial charge in [-0.15, -0.1) is 0 Å². The third kappa shape index (κ3) is 7.76. The highest BCUT2D eigenvalue weighted by Gasteiger charge is 2.24. The van der Waals surface area contributed by atoms with E-state index in [1.807, 2.05) is 20.8 Å². The van der Waals surface area contributed by atoms with Crippen LogP contribution < -0.4 is 31.4 Å². The monoisotopic (exact) mass is 645 g/mol. The van der Waals surface area contributed by atoms with Gasteiger partial charge >= 0.3 is 5.97 Å². The predicted octanol–water partition coefficient (Wildman–Crippen LogP) is 5.09. The molecule has 0 aliphatic heterocycles. The number of benzene rings is 3. The van der Waals surface area contributed by atoms with Gasteiger partial charge in [-0.05, 0) is 74.9 Å². The van der Waals surface area contributed by atoms with Gasteiger partial charge in [-0.1, -0.05) is 34.7 Å². The van der Waals surface area contributed by atoms with E-state index in [-0.39, 0.29) is 17.5 Å². The van der Waals surface area contributed by atoms with Gasteiger partial charge in [-0.25, -0.2) is 4.79 Å². The molecule has 3 aromatic carbocycles. The van der Waals surface area contributed by atoms with Gasteiger partial charge in [0.25, 0.3) is 5.91 Å². The van der Waals surface area contributed by atoms with Gasteiger partial charge in [0.1, 0.15) is 11.9 Å². The molecule has 7 N–H and O–H groups in total. The summed E-state index contributed by atoms with van der Waals surface area (Å²) >= 11 is 2.08. The Hall–Kier alpha value is -4.00. The van der Waals surface area contributed by atoms with Crippen molar-refractivity contribution < 1.29 is 24.2 Å². The average Bonchev–Trinajstić information content (AvgIpc) is 2.91. The van der Waals surface area contributed by atoms with Crippen LogP contribution in [0.5, 0.6) is 11.5 Å². The molecule has 11 heteroatoms. The first-order valence-electron chi connectivity index (χ1n) is 12.3. The molecule has 10 nitrogen and oxygen atoms in total. The Kier molecular flexibility index (Phi) is 10.4. The standard InChI is InChI=1S/C28H32IN5O5/c1-4-38-24-14-18(10-13-23(24)39-16(2)3)25(32-19-11-8-17(9-12-19)26(30)31)27(35)34-33-22-7-5-6-20(28(36)37)21(22)15-29/h5-14,16,25,32-33H,4,15H2,1-3H3,(H3,30,31)(H,34,35)(H,36,37). The average molecular weight is 645 g/mol. The number of carboxylic acid groups (broad SMARTS) is 1. The van der Waals surface area contributed by atoms with Gasteiger partial charge in [0.05, 0.1) is 24.0 Å². The molecule has 0 fully saturated rings. The number of halogens is 1.